The maximum atomic E-state index is 4.65. The molecule has 23 heavy (non-hydrogen) atoms. The van der Waals surface area contributed by atoms with Crippen molar-refractivity contribution in [1.29, 1.82) is 0 Å². The van der Waals surface area contributed by atoms with Crippen molar-refractivity contribution in [3.63, 3.8) is 0 Å². The molecule has 0 aliphatic carbocycles. The smallest absolute Gasteiger partial charge is 0.125 e. The van der Waals surface area contributed by atoms with Crippen molar-refractivity contribution < 1.29 is 0 Å². The van der Waals surface area contributed by atoms with Crippen molar-refractivity contribution in [3.05, 3.63) is 40.0 Å². The summed E-state index contributed by atoms with van der Waals surface area (Å²) in [7, 11) is 1.92. The molecule has 1 saturated heterocycles. The molecule has 1 atom stereocenters. The molecule has 0 saturated carbocycles. The average Bonchev–Trinajstić information content (AvgIpc) is 2.99. The lowest BCUT2D eigenvalue weighted by Crippen LogP contribution is -2.39. The maximum absolute atomic E-state index is 4.65. The van der Waals surface area contributed by atoms with Crippen LogP contribution in [0, 0.1) is 6.92 Å². The van der Waals surface area contributed by atoms with E-state index in [1.807, 2.05) is 18.6 Å². The van der Waals surface area contributed by atoms with Crippen molar-refractivity contribution in [2.45, 2.75) is 51.6 Å². The lowest BCUT2D eigenvalue weighted by atomic mass is 9.97. The first-order valence-electron chi connectivity index (χ1n) is 8.53. The first-order valence-corrected chi connectivity index (χ1v) is 9.41. The number of hydrogen-bond donors (Lipinski definition) is 1. The van der Waals surface area contributed by atoms with Crippen LogP contribution in [0.15, 0.2) is 23.7 Å². The lowest BCUT2D eigenvalue weighted by molar-refractivity contribution is 0.133. The molecule has 0 amide bonds. The Morgan fingerprint density at radius 1 is 1.35 bits per heavy atom. The highest BCUT2D eigenvalue weighted by Gasteiger charge is 2.23. The zero-order valence-electron chi connectivity index (χ0n) is 14.1. The standard InChI is InChI=1S/C18H26N4S/c1-14-17(23-13-20-14)12-22-11-4-3-7-16(22)10-9-15-6-5-8-18(19-2)21-15/h5-6,8,13,16H,3-4,7,9-12H2,1-2H3,(H,19,21). The third-order valence-corrected chi connectivity index (χ3v) is 5.66. The van der Waals surface area contributed by atoms with Crippen LogP contribution in [-0.2, 0) is 13.0 Å². The Labute approximate surface area is 143 Å². The minimum atomic E-state index is 0.672. The first kappa shape index (κ1) is 16.4. The van der Waals surface area contributed by atoms with Crippen LogP contribution in [0.4, 0.5) is 5.82 Å². The summed E-state index contributed by atoms with van der Waals surface area (Å²) in [6.45, 7) is 4.40. The van der Waals surface area contributed by atoms with Crippen molar-refractivity contribution in [2.75, 3.05) is 18.9 Å². The molecular weight excluding hydrogens is 304 g/mol. The molecule has 124 valence electrons. The molecule has 0 aromatic carbocycles. The van der Waals surface area contributed by atoms with Crippen LogP contribution in [0.3, 0.4) is 0 Å². The van der Waals surface area contributed by atoms with Gasteiger partial charge in [-0.1, -0.05) is 12.5 Å². The van der Waals surface area contributed by atoms with Gasteiger partial charge < -0.3 is 5.32 Å². The van der Waals surface area contributed by atoms with Gasteiger partial charge in [-0.25, -0.2) is 9.97 Å². The highest BCUT2D eigenvalue weighted by atomic mass is 32.1. The SMILES string of the molecule is CNc1cccc(CCC2CCCCN2Cc2scnc2C)n1. The number of likely N-dealkylation sites (tertiary alicyclic amines) is 1. The summed E-state index contributed by atoms with van der Waals surface area (Å²) in [4.78, 5) is 13.1. The summed E-state index contributed by atoms with van der Waals surface area (Å²) >= 11 is 1.79. The van der Waals surface area contributed by atoms with Crippen LogP contribution in [0.2, 0.25) is 0 Å². The molecule has 4 nitrogen and oxygen atoms in total. The van der Waals surface area contributed by atoms with Gasteiger partial charge in [0.25, 0.3) is 0 Å². The van der Waals surface area contributed by atoms with E-state index in [0.29, 0.717) is 6.04 Å². The van der Waals surface area contributed by atoms with E-state index in [1.54, 1.807) is 11.3 Å². The number of nitrogens with one attached hydrogen (secondary N) is 1. The minimum absolute atomic E-state index is 0.672. The summed E-state index contributed by atoms with van der Waals surface area (Å²) < 4.78 is 0. The zero-order valence-corrected chi connectivity index (χ0v) is 14.9. The number of hydrogen-bond acceptors (Lipinski definition) is 5. The summed E-state index contributed by atoms with van der Waals surface area (Å²) in [5.41, 5.74) is 4.36. The summed E-state index contributed by atoms with van der Waals surface area (Å²) in [6, 6.07) is 6.92. The Balaban J connectivity index is 1.61. The fourth-order valence-corrected chi connectivity index (χ4v) is 4.13. The van der Waals surface area contributed by atoms with E-state index >= 15 is 0 Å². The second-order valence-corrected chi connectivity index (χ2v) is 7.22. The molecule has 1 N–H and O–H groups in total. The Morgan fingerprint density at radius 3 is 3.04 bits per heavy atom. The second kappa shape index (κ2) is 7.88. The van der Waals surface area contributed by atoms with Crippen LogP contribution in [0.1, 0.15) is 41.9 Å². The van der Waals surface area contributed by atoms with Crippen molar-refractivity contribution in [3.8, 4) is 0 Å². The normalized spacial score (nSPS) is 19.0. The number of aryl methyl sites for hydroxylation is 2. The molecule has 0 bridgehead atoms. The molecule has 0 radical (unpaired) electrons. The Kier molecular flexibility index (Phi) is 5.62. The highest BCUT2D eigenvalue weighted by molar-refractivity contribution is 7.09. The lowest BCUT2D eigenvalue weighted by Gasteiger charge is -2.35. The number of anilines is 1. The molecular formula is C18H26N4S. The quantitative estimate of drug-likeness (QED) is 0.873. The maximum Gasteiger partial charge on any atom is 0.125 e. The number of nitrogens with zero attached hydrogens (tertiary/aromatic N) is 3. The van der Waals surface area contributed by atoms with Crippen molar-refractivity contribution in [1.82, 2.24) is 14.9 Å². The zero-order chi connectivity index (χ0) is 16.1. The Bertz CT molecular complexity index is 625. The molecule has 1 fully saturated rings. The van der Waals surface area contributed by atoms with Crippen LogP contribution in [0.25, 0.3) is 0 Å². The van der Waals surface area contributed by atoms with E-state index in [4.69, 9.17) is 0 Å². The van der Waals surface area contributed by atoms with E-state index in [9.17, 15) is 0 Å². The van der Waals surface area contributed by atoms with E-state index in [-0.39, 0.29) is 0 Å². The van der Waals surface area contributed by atoms with Crippen molar-refractivity contribution in [2.24, 2.45) is 0 Å². The number of pyridine rings is 1. The van der Waals surface area contributed by atoms with Gasteiger partial charge in [0.15, 0.2) is 0 Å². The van der Waals surface area contributed by atoms with Gasteiger partial charge in [-0.3, -0.25) is 4.90 Å². The fourth-order valence-electron chi connectivity index (χ4n) is 3.33. The van der Waals surface area contributed by atoms with Crippen LogP contribution < -0.4 is 5.32 Å². The predicted molar refractivity (Wildman–Crippen MR) is 97.0 cm³/mol. The first-order chi connectivity index (χ1) is 11.3. The summed E-state index contributed by atoms with van der Waals surface area (Å²) in [5, 5.41) is 3.12. The van der Waals surface area contributed by atoms with Gasteiger partial charge >= 0.3 is 0 Å². The van der Waals surface area contributed by atoms with Gasteiger partial charge in [0.05, 0.1) is 11.2 Å². The van der Waals surface area contributed by atoms with E-state index in [1.165, 1.54) is 48.5 Å². The van der Waals surface area contributed by atoms with Crippen molar-refractivity contribution >= 4 is 17.2 Å². The molecule has 5 heteroatoms. The van der Waals surface area contributed by atoms with Gasteiger partial charge in [0.1, 0.15) is 5.82 Å². The fraction of sp³-hybridized carbons (Fsp3) is 0.556. The molecule has 1 aliphatic heterocycles. The Morgan fingerprint density at radius 2 is 2.26 bits per heavy atom. The highest BCUT2D eigenvalue weighted by Crippen LogP contribution is 2.25. The molecule has 2 aromatic rings. The van der Waals surface area contributed by atoms with Crippen LogP contribution in [-0.4, -0.2) is 34.5 Å². The number of rotatable bonds is 6. The molecule has 3 heterocycles. The minimum Gasteiger partial charge on any atom is -0.373 e. The predicted octanol–water partition coefficient (Wildman–Crippen LogP) is 3.88. The van der Waals surface area contributed by atoms with E-state index < -0.39 is 0 Å². The molecule has 2 aromatic heterocycles. The topological polar surface area (TPSA) is 41.0 Å². The van der Waals surface area contributed by atoms with Crippen LogP contribution >= 0.6 is 11.3 Å². The number of thiazole rings is 1. The third-order valence-electron chi connectivity index (χ3n) is 4.74. The molecule has 3 rings (SSSR count). The monoisotopic (exact) mass is 330 g/mol. The van der Waals surface area contributed by atoms with Crippen LogP contribution in [0.5, 0.6) is 0 Å². The average molecular weight is 331 g/mol. The van der Waals surface area contributed by atoms with Gasteiger partial charge in [0, 0.05) is 30.2 Å². The second-order valence-electron chi connectivity index (χ2n) is 6.28. The van der Waals surface area contributed by atoms with E-state index in [0.717, 1.165) is 18.8 Å². The largest absolute Gasteiger partial charge is 0.373 e. The summed E-state index contributed by atoms with van der Waals surface area (Å²) in [5.74, 6) is 0.961. The molecule has 1 aliphatic rings. The van der Waals surface area contributed by atoms with Gasteiger partial charge in [0.2, 0.25) is 0 Å². The van der Waals surface area contributed by atoms with Gasteiger partial charge in [-0.15, -0.1) is 11.3 Å². The molecule has 0 spiro atoms. The number of piperidine rings is 1. The van der Waals surface area contributed by atoms with E-state index in [2.05, 4.69) is 39.2 Å². The van der Waals surface area contributed by atoms with Gasteiger partial charge in [-0.2, -0.15) is 0 Å². The summed E-state index contributed by atoms with van der Waals surface area (Å²) in [6.07, 6.45) is 6.23. The Hall–Kier alpha value is -1.46. The van der Waals surface area contributed by atoms with Gasteiger partial charge in [-0.05, 0) is 51.3 Å². The third kappa shape index (κ3) is 4.30. The number of aromatic nitrogens is 2. The molecule has 1 unspecified atom stereocenters.